The highest BCUT2D eigenvalue weighted by molar-refractivity contribution is 5.68. The molecule has 8 nitrogen and oxygen atoms in total. The molecule has 2 heterocycles. The summed E-state index contributed by atoms with van der Waals surface area (Å²) in [5.74, 6) is 0.471. The zero-order chi connectivity index (χ0) is 18.7. The molecule has 0 saturated carbocycles. The summed E-state index contributed by atoms with van der Waals surface area (Å²) in [7, 11) is 0. The summed E-state index contributed by atoms with van der Waals surface area (Å²) in [6, 6.07) is 9.50. The van der Waals surface area contributed by atoms with Crippen LogP contribution in [0.5, 0.6) is 0 Å². The van der Waals surface area contributed by atoms with Crippen LogP contribution in [0.4, 0.5) is 10.8 Å². The van der Waals surface area contributed by atoms with Crippen LogP contribution in [0, 0.1) is 11.3 Å². The van der Waals surface area contributed by atoms with Crippen LogP contribution in [0.1, 0.15) is 26.3 Å². The molecule has 1 amide bonds. The smallest absolute Gasteiger partial charge is 0.410 e. The lowest BCUT2D eigenvalue weighted by Gasteiger charge is -2.34. The molecule has 0 radical (unpaired) electrons. The van der Waals surface area contributed by atoms with Crippen molar-refractivity contribution in [1.29, 1.82) is 5.26 Å². The Kier molecular flexibility index (Phi) is 4.80. The van der Waals surface area contributed by atoms with Gasteiger partial charge in [-0.3, -0.25) is 0 Å². The highest BCUT2D eigenvalue weighted by atomic mass is 16.6. The van der Waals surface area contributed by atoms with E-state index < -0.39 is 5.60 Å². The molecular formula is C18H21N5O3. The highest BCUT2D eigenvalue weighted by Gasteiger charge is 2.27. The van der Waals surface area contributed by atoms with Gasteiger partial charge in [0, 0.05) is 31.7 Å². The van der Waals surface area contributed by atoms with Crippen molar-refractivity contribution in [2.24, 2.45) is 0 Å². The number of carbonyl (C=O) groups excluding carboxylic acids is 1. The van der Waals surface area contributed by atoms with Crippen molar-refractivity contribution < 1.29 is 14.1 Å². The largest absolute Gasteiger partial charge is 0.444 e. The lowest BCUT2D eigenvalue weighted by atomic mass is 10.1. The Morgan fingerprint density at radius 1 is 1.19 bits per heavy atom. The van der Waals surface area contributed by atoms with Crippen molar-refractivity contribution in [2.75, 3.05) is 31.1 Å². The van der Waals surface area contributed by atoms with Crippen LogP contribution >= 0.6 is 0 Å². The number of ether oxygens (including phenoxy) is 1. The van der Waals surface area contributed by atoms with Crippen molar-refractivity contribution in [3.63, 3.8) is 0 Å². The lowest BCUT2D eigenvalue weighted by Crippen LogP contribution is -2.50. The maximum atomic E-state index is 12.1. The zero-order valence-corrected chi connectivity index (χ0v) is 15.1. The van der Waals surface area contributed by atoms with E-state index in [-0.39, 0.29) is 6.09 Å². The first-order chi connectivity index (χ1) is 12.4. The van der Waals surface area contributed by atoms with E-state index in [2.05, 4.69) is 16.2 Å². The van der Waals surface area contributed by atoms with E-state index in [1.165, 1.54) is 0 Å². The molecule has 0 unspecified atom stereocenters. The molecule has 136 valence electrons. The van der Waals surface area contributed by atoms with Crippen LogP contribution < -0.4 is 4.90 Å². The molecule has 1 aliphatic heterocycles. The molecule has 1 aromatic carbocycles. The van der Waals surface area contributed by atoms with Gasteiger partial charge in [0.25, 0.3) is 0 Å². The third-order valence-corrected chi connectivity index (χ3v) is 3.89. The Bertz CT molecular complexity index is 809. The average Bonchev–Trinajstić information content (AvgIpc) is 3.10. The van der Waals surface area contributed by atoms with Crippen LogP contribution in [0.2, 0.25) is 0 Å². The fourth-order valence-corrected chi connectivity index (χ4v) is 2.56. The summed E-state index contributed by atoms with van der Waals surface area (Å²) in [6.07, 6.45) is -0.305. The molecule has 1 fully saturated rings. The number of hydrogen-bond donors (Lipinski definition) is 0. The first-order valence-corrected chi connectivity index (χ1v) is 8.43. The van der Waals surface area contributed by atoms with Crippen LogP contribution in [0.15, 0.2) is 28.8 Å². The average molecular weight is 355 g/mol. The van der Waals surface area contributed by atoms with Gasteiger partial charge < -0.3 is 19.1 Å². The fourth-order valence-electron chi connectivity index (χ4n) is 2.56. The Morgan fingerprint density at radius 2 is 1.85 bits per heavy atom. The normalized spacial score (nSPS) is 14.8. The van der Waals surface area contributed by atoms with E-state index in [4.69, 9.17) is 14.5 Å². The van der Waals surface area contributed by atoms with Gasteiger partial charge in [0.05, 0.1) is 11.6 Å². The molecule has 0 atom stereocenters. The Labute approximate surface area is 152 Å². The summed E-state index contributed by atoms with van der Waals surface area (Å²) in [4.78, 5) is 20.2. The minimum Gasteiger partial charge on any atom is -0.444 e. The fraction of sp³-hybridized carbons (Fsp3) is 0.444. The number of carbonyl (C=O) groups is 1. The highest BCUT2D eigenvalue weighted by Crippen LogP contribution is 2.21. The quantitative estimate of drug-likeness (QED) is 0.817. The van der Waals surface area contributed by atoms with Gasteiger partial charge in [-0.2, -0.15) is 10.2 Å². The first kappa shape index (κ1) is 17.7. The van der Waals surface area contributed by atoms with Crippen LogP contribution in [0.25, 0.3) is 11.4 Å². The summed E-state index contributed by atoms with van der Waals surface area (Å²) >= 11 is 0. The number of benzene rings is 1. The maximum absolute atomic E-state index is 12.1. The third-order valence-electron chi connectivity index (χ3n) is 3.89. The maximum Gasteiger partial charge on any atom is 0.410 e. The predicted octanol–water partition coefficient (Wildman–Crippen LogP) is 2.67. The topological polar surface area (TPSA) is 95.5 Å². The minimum atomic E-state index is -0.503. The third kappa shape index (κ3) is 4.11. The Morgan fingerprint density at radius 3 is 2.42 bits per heavy atom. The van der Waals surface area contributed by atoms with Gasteiger partial charge >= 0.3 is 12.1 Å². The molecule has 1 saturated heterocycles. The molecular weight excluding hydrogens is 334 g/mol. The van der Waals surface area contributed by atoms with E-state index in [9.17, 15) is 4.79 Å². The van der Waals surface area contributed by atoms with E-state index in [0.717, 1.165) is 5.56 Å². The number of anilines is 1. The van der Waals surface area contributed by atoms with E-state index in [1.54, 1.807) is 29.2 Å². The van der Waals surface area contributed by atoms with Gasteiger partial charge in [0.15, 0.2) is 0 Å². The summed E-state index contributed by atoms with van der Waals surface area (Å²) in [6.45, 7) is 7.80. The summed E-state index contributed by atoms with van der Waals surface area (Å²) in [5, 5.41) is 12.9. The van der Waals surface area contributed by atoms with Gasteiger partial charge in [-0.1, -0.05) is 5.16 Å². The number of hydrogen-bond acceptors (Lipinski definition) is 7. The number of nitrogens with zero attached hydrogens (tertiary/aromatic N) is 5. The number of amides is 1. The monoisotopic (exact) mass is 355 g/mol. The van der Waals surface area contributed by atoms with Gasteiger partial charge in [-0.15, -0.1) is 0 Å². The summed E-state index contributed by atoms with van der Waals surface area (Å²) < 4.78 is 10.7. The van der Waals surface area contributed by atoms with Crippen molar-refractivity contribution in [3.05, 3.63) is 29.8 Å². The van der Waals surface area contributed by atoms with E-state index in [0.29, 0.717) is 43.6 Å². The summed E-state index contributed by atoms with van der Waals surface area (Å²) in [5.41, 5.74) is 0.860. The molecule has 0 N–H and O–H groups in total. The van der Waals surface area contributed by atoms with Crippen molar-refractivity contribution in [2.45, 2.75) is 26.4 Å². The lowest BCUT2D eigenvalue weighted by molar-refractivity contribution is 0.0238. The molecule has 3 rings (SSSR count). The molecule has 26 heavy (non-hydrogen) atoms. The second kappa shape index (κ2) is 7.04. The van der Waals surface area contributed by atoms with Gasteiger partial charge in [-0.05, 0) is 45.0 Å². The second-order valence-corrected chi connectivity index (χ2v) is 7.04. The molecule has 0 bridgehead atoms. The first-order valence-electron chi connectivity index (χ1n) is 8.43. The number of piperazine rings is 1. The van der Waals surface area contributed by atoms with Gasteiger partial charge in [0.1, 0.15) is 5.60 Å². The minimum absolute atomic E-state index is 0.305. The SMILES string of the molecule is CC(C)(C)OC(=O)N1CCN(c2nc(-c3ccc(C#N)cc3)no2)CC1. The van der Waals surface area contributed by atoms with Crippen molar-refractivity contribution >= 4 is 12.1 Å². The van der Waals surface area contributed by atoms with E-state index in [1.807, 2.05) is 25.7 Å². The molecule has 0 spiro atoms. The van der Waals surface area contributed by atoms with Gasteiger partial charge in [0.2, 0.25) is 5.82 Å². The van der Waals surface area contributed by atoms with Crippen LogP contribution in [0.3, 0.4) is 0 Å². The molecule has 0 aliphatic carbocycles. The van der Waals surface area contributed by atoms with Crippen molar-refractivity contribution in [3.8, 4) is 17.5 Å². The standard InChI is InChI=1S/C18H21N5O3/c1-18(2,3)25-17(24)23-10-8-22(9-11-23)16-20-15(21-26-16)14-6-4-13(12-19)5-7-14/h4-7H,8-11H2,1-3H3. The predicted molar refractivity (Wildman–Crippen MR) is 94.5 cm³/mol. The van der Waals surface area contributed by atoms with Gasteiger partial charge in [-0.25, -0.2) is 4.79 Å². The number of rotatable bonds is 2. The molecule has 1 aromatic heterocycles. The Hall–Kier alpha value is -3.08. The van der Waals surface area contributed by atoms with E-state index >= 15 is 0 Å². The molecule has 8 heteroatoms. The Balaban J connectivity index is 1.61. The number of aromatic nitrogens is 2. The van der Waals surface area contributed by atoms with Crippen molar-refractivity contribution in [1.82, 2.24) is 15.0 Å². The molecule has 1 aliphatic rings. The second-order valence-electron chi connectivity index (χ2n) is 7.04. The van der Waals surface area contributed by atoms with Crippen LogP contribution in [-0.4, -0.2) is 52.9 Å². The zero-order valence-electron chi connectivity index (χ0n) is 15.1. The van der Waals surface area contributed by atoms with Crippen LogP contribution in [-0.2, 0) is 4.74 Å². The number of nitriles is 1. The molecule has 2 aromatic rings.